The Bertz CT molecular complexity index is 1780. The normalized spacial score (nSPS) is 11.1. The van der Waals surface area contributed by atoms with Gasteiger partial charge in [-0.05, 0) is 29.8 Å². The Labute approximate surface area is 236 Å². The number of pyridine rings is 1. The minimum absolute atomic E-state index is 0.0352. The van der Waals surface area contributed by atoms with E-state index < -0.39 is 0 Å². The molecule has 0 aliphatic carbocycles. The van der Waals surface area contributed by atoms with Crippen molar-refractivity contribution in [3.05, 3.63) is 81.3 Å². The molecule has 1 amide bonds. The van der Waals surface area contributed by atoms with Gasteiger partial charge in [0.2, 0.25) is 11.7 Å². The van der Waals surface area contributed by atoms with Crippen LogP contribution in [0.15, 0.2) is 63.9 Å². The zero-order valence-corrected chi connectivity index (χ0v) is 23.7. The van der Waals surface area contributed by atoms with Crippen molar-refractivity contribution in [3.8, 4) is 22.9 Å². The second kappa shape index (κ2) is 11.6. The van der Waals surface area contributed by atoms with Crippen LogP contribution in [0.5, 0.6) is 17.2 Å². The highest BCUT2D eigenvalue weighted by Crippen LogP contribution is 2.40. The quantitative estimate of drug-likeness (QED) is 0.233. The number of carbonyl (C=O) groups excluding carboxylic acids is 1. The fraction of sp³-hybridized carbons (Fsp3) is 0.179. The monoisotopic (exact) mass is 581 g/mol. The van der Waals surface area contributed by atoms with Crippen LogP contribution in [-0.2, 0) is 22.3 Å². The first-order chi connectivity index (χ1) is 19.4. The van der Waals surface area contributed by atoms with Crippen molar-refractivity contribution >= 4 is 54.5 Å². The Morgan fingerprint density at radius 2 is 1.75 bits per heavy atom. The summed E-state index contributed by atoms with van der Waals surface area (Å²) < 4.78 is 28.2. The number of hydrogen-bond donors (Lipinski definition) is 1. The number of carbonyl (C=O) groups is 1. The van der Waals surface area contributed by atoms with E-state index in [1.807, 2.05) is 6.07 Å². The van der Waals surface area contributed by atoms with Gasteiger partial charge in [-0.3, -0.25) is 14.2 Å². The molecule has 206 valence electrons. The molecular weight excluding hydrogens is 557 g/mol. The summed E-state index contributed by atoms with van der Waals surface area (Å²) in [7, 11) is 6.64. The fourth-order valence-corrected chi connectivity index (χ4v) is 5.06. The van der Waals surface area contributed by atoms with Gasteiger partial charge in [-0.1, -0.05) is 35.0 Å². The first-order valence-corrected chi connectivity index (χ1v) is 12.9. The maximum Gasteiger partial charge on any atom is 0.268 e. The Kier molecular flexibility index (Phi) is 7.93. The van der Waals surface area contributed by atoms with E-state index in [-0.39, 0.29) is 35.6 Å². The number of amides is 1. The van der Waals surface area contributed by atoms with Crippen LogP contribution in [0.4, 0.5) is 5.69 Å². The number of hydrogen-bond acceptors (Lipinski definition) is 8. The van der Waals surface area contributed by atoms with Crippen LogP contribution >= 0.6 is 21.1 Å². The molecule has 1 N–H and O–H groups in total. The Balaban J connectivity index is 1.53. The van der Waals surface area contributed by atoms with Crippen molar-refractivity contribution in [1.29, 1.82) is 0 Å². The van der Waals surface area contributed by atoms with Crippen LogP contribution in [-0.4, -0.2) is 37.0 Å². The molecule has 3 aromatic carbocycles. The highest BCUT2D eigenvalue weighted by Gasteiger charge is 2.22. The molecule has 1 atom stereocenters. The number of ether oxygens (including phenoxy) is 3. The first kappa shape index (κ1) is 27.5. The predicted octanol–water partition coefficient (Wildman–Crippen LogP) is 5.30. The zero-order valence-electron chi connectivity index (χ0n) is 21.8. The standard InChI is InChI=1S/C28H25ClN3O7P/c1-35-20-12-16(13-21(36-2)27(20)37-3)30-23(33)11-15-6-4-7-17(10-15)32-19-9-5-8-18(29)24(19)26-25(28(32)34)22(14-38-40)39-31-26/h4-10,12-13H,11,14,40H2,1-3H3,(H,30,33). The molecule has 0 radical (unpaired) electrons. The van der Waals surface area contributed by atoms with Crippen LogP contribution in [0.3, 0.4) is 0 Å². The molecule has 0 aliphatic rings. The molecule has 0 aliphatic heterocycles. The van der Waals surface area contributed by atoms with Gasteiger partial charge in [-0.15, -0.1) is 0 Å². The zero-order chi connectivity index (χ0) is 28.4. The molecule has 2 heterocycles. The lowest BCUT2D eigenvalue weighted by Crippen LogP contribution is -2.20. The minimum Gasteiger partial charge on any atom is -0.493 e. The number of fused-ring (bicyclic) bond motifs is 3. The number of rotatable bonds is 9. The van der Waals surface area contributed by atoms with Gasteiger partial charge in [0.25, 0.3) is 5.56 Å². The summed E-state index contributed by atoms with van der Waals surface area (Å²) in [5, 5.41) is 8.24. The van der Waals surface area contributed by atoms with Gasteiger partial charge in [0.05, 0.1) is 38.3 Å². The molecule has 0 saturated carbocycles. The largest absolute Gasteiger partial charge is 0.493 e. The molecule has 2 aromatic heterocycles. The summed E-state index contributed by atoms with van der Waals surface area (Å²) in [6.07, 6.45) is 0.0413. The number of aromatic nitrogens is 2. The van der Waals surface area contributed by atoms with Gasteiger partial charge < -0.3 is 28.6 Å². The van der Waals surface area contributed by atoms with E-state index in [4.69, 9.17) is 34.9 Å². The van der Waals surface area contributed by atoms with E-state index in [2.05, 4.69) is 19.9 Å². The first-order valence-electron chi connectivity index (χ1n) is 12.0. The van der Waals surface area contributed by atoms with E-state index in [1.165, 1.54) is 25.9 Å². The number of benzene rings is 3. The van der Waals surface area contributed by atoms with Crippen LogP contribution in [0.1, 0.15) is 11.3 Å². The summed E-state index contributed by atoms with van der Waals surface area (Å²) in [5.41, 5.74) is 2.28. The van der Waals surface area contributed by atoms with Crippen LogP contribution in [0.25, 0.3) is 27.5 Å². The molecule has 0 bridgehead atoms. The van der Waals surface area contributed by atoms with Gasteiger partial charge in [0.1, 0.15) is 17.5 Å². The highest BCUT2D eigenvalue weighted by atomic mass is 35.5. The third kappa shape index (κ3) is 4.97. The summed E-state index contributed by atoms with van der Waals surface area (Å²) in [5.74, 6) is 1.26. The van der Waals surface area contributed by atoms with Crippen molar-refractivity contribution in [2.75, 3.05) is 26.6 Å². The van der Waals surface area contributed by atoms with Gasteiger partial charge in [0, 0.05) is 38.4 Å². The van der Waals surface area contributed by atoms with Crippen LogP contribution in [0, 0.1) is 0 Å². The molecule has 0 saturated heterocycles. The molecule has 12 heteroatoms. The average molecular weight is 582 g/mol. The van der Waals surface area contributed by atoms with Crippen molar-refractivity contribution in [1.82, 2.24) is 9.72 Å². The number of methoxy groups -OCH3 is 3. The summed E-state index contributed by atoms with van der Waals surface area (Å²) >= 11 is 6.56. The topological polar surface area (TPSA) is 114 Å². The summed E-state index contributed by atoms with van der Waals surface area (Å²) in [6.45, 7) is 0.0352. The third-order valence-corrected chi connectivity index (χ3v) is 6.83. The van der Waals surface area contributed by atoms with Gasteiger partial charge in [-0.25, -0.2) is 0 Å². The van der Waals surface area contributed by atoms with Gasteiger partial charge in [-0.2, -0.15) is 0 Å². The van der Waals surface area contributed by atoms with Gasteiger partial charge in [0.15, 0.2) is 17.3 Å². The maximum absolute atomic E-state index is 13.8. The average Bonchev–Trinajstić information content (AvgIpc) is 3.36. The Hall–Kier alpha value is -4.11. The third-order valence-electron chi connectivity index (χ3n) is 6.35. The van der Waals surface area contributed by atoms with E-state index in [0.29, 0.717) is 55.6 Å². The number of halogens is 1. The predicted molar refractivity (Wildman–Crippen MR) is 155 cm³/mol. The summed E-state index contributed by atoms with van der Waals surface area (Å²) in [4.78, 5) is 26.8. The van der Waals surface area contributed by atoms with Crippen molar-refractivity contribution in [3.63, 3.8) is 0 Å². The molecule has 5 rings (SSSR count). The van der Waals surface area contributed by atoms with Crippen molar-refractivity contribution < 1.29 is 28.1 Å². The lowest BCUT2D eigenvalue weighted by atomic mass is 10.1. The highest BCUT2D eigenvalue weighted by molar-refractivity contribution is 7.09. The number of anilines is 1. The Morgan fingerprint density at radius 3 is 2.42 bits per heavy atom. The molecule has 0 spiro atoms. The number of nitrogens with zero attached hydrogens (tertiary/aromatic N) is 2. The Morgan fingerprint density at radius 1 is 1.02 bits per heavy atom. The van der Waals surface area contributed by atoms with E-state index in [1.54, 1.807) is 48.5 Å². The molecule has 1 unspecified atom stereocenters. The lowest BCUT2D eigenvalue weighted by molar-refractivity contribution is -0.115. The van der Waals surface area contributed by atoms with Gasteiger partial charge >= 0.3 is 0 Å². The van der Waals surface area contributed by atoms with Crippen LogP contribution in [0.2, 0.25) is 5.02 Å². The molecule has 0 fully saturated rings. The molecule has 5 aromatic rings. The maximum atomic E-state index is 13.8. The molecule has 10 nitrogen and oxygen atoms in total. The second-order valence-electron chi connectivity index (χ2n) is 8.72. The smallest absolute Gasteiger partial charge is 0.268 e. The van der Waals surface area contributed by atoms with E-state index >= 15 is 0 Å². The van der Waals surface area contributed by atoms with Crippen molar-refractivity contribution in [2.45, 2.75) is 13.0 Å². The van der Waals surface area contributed by atoms with E-state index in [0.717, 1.165) is 0 Å². The van der Waals surface area contributed by atoms with E-state index in [9.17, 15) is 9.59 Å². The van der Waals surface area contributed by atoms with Crippen LogP contribution < -0.4 is 25.1 Å². The molecular formula is C28H25ClN3O7P. The lowest BCUT2D eigenvalue weighted by Gasteiger charge is -2.15. The second-order valence-corrected chi connectivity index (χ2v) is 9.46. The summed E-state index contributed by atoms with van der Waals surface area (Å²) in [6, 6.07) is 15.7. The fourth-order valence-electron chi connectivity index (χ4n) is 4.65. The number of nitrogens with one attached hydrogen (secondary N) is 1. The molecule has 40 heavy (non-hydrogen) atoms. The SMILES string of the molecule is COc1cc(NC(=O)Cc2cccc(-n3c(=O)c4c(COP)onc4c4c(Cl)cccc43)c2)cc(OC)c1OC. The van der Waals surface area contributed by atoms with Crippen molar-refractivity contribution in [2.24, 2.45) is 0 Å². The minimum atomic E-state index is -0.345.